The van der Waals surface area contributed by atoms with E-state index in [-0.39, 0.29) is 17.8 Å². The molecule has 0 spiro atoms. The van der Waals surface area contributed by atoms with Gasteiger partial charge in [-0.25, -0.2) is 4.79 Å². The molecule has 21 heavy (non-hydrogen) atoms. The quantitative estimate of drug-likeness (QED) is 0.800. The first-order chi connectivity index (χ1) is 9.90. The fourth-order valence-corrected chi connectivity index (χ4v) is 2.57. The number of amides is 2. The number of pyridine rings is 1. The summed E-state index contributed by atoms with van der Waals surface area (Å²) in [5.41, 5.74) is -0.521. The molecule has 0 saturated carbocycles. The maximum atomic E-state index is 11.8. The molecule has 0 aliphatic heterocycles. The lowest BCUT2D eigenvalue weighted by atomic mass is 9.99. The topological polar surface area (TPSA) is 83.4 Å². The maximum Gasteiger partial charge on any atom is 0.319 e. The number of thiophene rings is 1. The molecule has 2 aromatic rings. The summed E-state index contributed by atoms with van der Waals surface area (Å²) in [5.74, 6) is 0. The lowest BCUT2D eigenvalue weighted by molar-refractivity contribution is 0.0604. The van der Waals surface area contributed by atoms with Crippen LogP contribution in [0.15, 0.2) is 40.0 Å². The van der Waals surface area contributed by atoms with E-state index in [1.165, 1.54) is 22.0 Å². The van der Waals surface area contributed by atoms with Crippen molar-refractivity contribution in [3.8, 4) is 0 Å². The van der Waals surface area contributed by atoms with Crippen molar-refractivity contribution in [1.82, 2.24) is 9.88 Å². The third-order valence-corrected chi connectivity index (χ3v) is 3.79. The Hall–Kier alpha value is -2.12. The Morgan fingerprint density at radius 2 is 2.24 bits per heavy atom. The molecule has 0 aliphatic rings. The number of carbonyl (C=O) groups is 1. The predicted molar refractivity (Wildman–Crippen MR) is 82.6 cm³/mol. The summed E-state index contributed by atoms with van der Waals surface area (Å²) in [7, 11) is 1.60. The average molecular weight is 307 g/mol. The number of aryl methyl sites for hydroxylation is 1. The van der Waals surface area contributed by atoms with Crippen LogP contribution >= 0.6 is 11.3 Å². The van der Waals surface area contributed by atoms with E-state index in [4.69, 9.17) is 0 Å². The second-order valence-electron chi connectivity index (χ2n) is 4.93. The maximum absolute atomic E-state index is 11.8. The molecule has 0 aromatic carbocycles. The minimum atomic E-state index is -1.15. The highest BCUT2D eigenvalue weighted by atomic mass is 32.1. The standard InChI is InChI=1S/C14H17N3O3S/c1-14(20,10-5-7-21-8-10)9-15-13(19)16-11-4-3-6-17(2)12(11)18/h3-8,20H,9H2,1-2H3,(H2,15,16,19)/t14-/m0/s1. The SMILES string of the molecule is Cn1cccc(NC(=O)NC[C@](C)(O)c2ccsc2)c1=O. The smallest absolute Gasteiger partial charge is 0.319 e. The van der Waals surface area contributed by atoms with Gasteiger partial charge in [-0.2, -0.15) is 11.3 Å². The van der Waals surface area contributed by atoms with Crippen molar-refractivity contribution in [3.63, 3.8) is 0 Å². The van der Waals surface area contributed by atoms with E-state index in [0.29, 0.717) is 0 Å². The molecule has 2 aromatic heterocycles. The molecule has 2 rings (SSSR count). The van der Waals surface area contributed by atoms with Gasteiger partial charge in [-0.3, -0.25) is 4.79 Å². The second kappa shape index (κ2) is 6.11. The fourth-order valence-electron chi connectivity index (χ4n) is 1.78. The van der Waals surface area contributed by atoms with Gasteiger partial charge < -0.3 is 20.3 Å². The lowest BCUT2D eigenvalue weighted by Gasteiger charge is -2.22. The summed E-state index contributed by atoms with van der Waals surface area (Å²) in [6, 6.07) is 4.46. The average Bonchev–Trinajstić information content (AvgIpc) is 2.97. The molecular weight excluding hydrogens is 290 g/mol. The Morgan fingerprint density at radius 1 is 1.48 bits per heavy atom. The van der Waals surface area contributed by atoms with Crippen LogP contribution in [0.1, 0.15) is 12.5 Å². The number of urea groups is 1. The molecule has 112 valence electrons. The van der Waals surface area contributed by atoms with Gasteiger partial charge in [0.1, 0.15) is 11.3 Å². The van der Waals surface area contributed by atoms with Gasteiger partial charge in [0, 0.05) is 13.2 Å². The zero-order chi connectivity index (χ0) is 15.5. The van der Waals surface area contributed by atoms with Crippen molar-refractivity contribution in [3.05, 3.63) is 51.1 Å². The third-order valence-electron chi connectivity index (χ3n) is 3.11. The minimum Gasteiger partial charge on any atom is -0.384 e. The number of nitrogens with one attached hydrogen (secondary N) is 2. The number of hydrogen-bond donors (Lipinski definition) is 3. The molecule has 0 radical (unpaired) electrons. The van der Waals surface area contributed by atoms with Crippen LogP contribution in [0.3, 0.4) is 0 Å². The van der Waals surface area contributed by atoms with E-state index in [9.17, 15) is 14.7 Å². The van der Waals surface area contributed by atoms with E-state index in [2.05, 4.69) is 10.6 Å². The molecule has 0 aliphatic carbocycles. The second-order valence-corrected chi connectivity index (χ2v) is 5.71. The zero-order valence-corrected chi connectivity index (χ0v) is 12.6. The number of anilines is 1. The summed E-state index contributed by atoms with van der Waals surface area (Å²) in [6.07, 6.45) is 1.60. The van der Waals surface area contributed by atoms with Crippen LogP contribution in [0.5, 0.6) is 0 Å². The highest BCUT2D eigenvalue weighted by Gasteiger charge is 2.24. The fraction of sp³-hybridized carbons (Fsp3) is 0.286. The normalized spacial score (nSPS) is 13.5. The van der Waals surface area contributed by atoms with E-state index in [1.54, 1.807) is 32.3 Å². The van der Waals surface area contributed by atoms with E-state index in [0.717, 1.165) is 5.56 Å². The van der Waals surface area contributed by atoms with Crippen LogP contribution in [-0.4, -0.2) is 22.2 Å². The molecular formula is C14H17N3O3S. The van der Waals surface area contributed by atoms with Gasteiger partial charge in [0.15, 0.2) is 0 Å². The van der Waals surface area contributed by atoms with Crippen molar-refractivity contribution < 1.29 is 9.90 Å². The van der Waals surface area contributed by atoms with Gasteiger partial charge in [0.2, 0.25) is 0 Å². The summed E-state index contributed by atoms with van der Waals surface area (Å²) < 4.78 is 1.37. The summed E-state index contributed by atoms with van der Waals surface area (Å²) in [5, 5.41) is 19.0. The number of aromatic nitrogens is 1. The van der Waals surface area contributed by atoms with Crippen LogP contribution in [0.2, 0.25) is 0 Å². The number of hydrogen-bond acceptors (Lipinski definition) is 4. The lowest BCUT2D eigenvalue weighted by Crippen LogP contribution is -2.41. The largest absolute Gasteiger partial charge is 0.384 e. The Kier molecular flexibility index (Phi) is 4.44. The van der Waals surface area contributed by atoms with Gasteiger partial charge in [0.05, 0.1) is 6.54 Å². The first-order valence-electron chi connectivity index (χ1n) is 6.36. The van der Waals surface area contributed by atoms with Crippen molar-refractivity contribution in [2.75, 3.05) is 11.9 Å². The predicted octanol–water partition coefficient (Wildman–Crippen LogP) is 1.48. The summed E-state index contributed by atoms with van der Waals surface area (Å²) in [6.45, 7) is 1.67. The summed E-state index contributed by atoms with van der Waals surface area (Å²) >= 11 is 1.47. The van der Waals surface area contributed by atoms with Gasteiger partial charge in [-0.15, -0.1) is 0 Å². The van der Waals surface area contributed by atoms with Crippen LogP contribution < -0.4 is 16.2 Å². The number of rotatable bonds is 4. The Morgan fingerprint density at radius 3 is 2.90 bits per heavy atom. The molecule has 2 amide bonds. The Balaban J connectivity index is 1.97. The highest BCUT2D eigenvalue weighted by molar-refractivity contribution is 7.08. The molecule has 7 heteroatoms. The molecule has 1 atom stereocenters. The minimum absolute atomic E-state index is 0.0444. The van der Waals surface area contributed by atoms with E-state index >= 15 is 0 Å². The molecule has 0 unspecified atom stereocenters. The molecule has 0 fully saturated rings. The van der Waals surface area contributed by atoms with Crippen LogP contribution in [-0.2, 0) is 12.6 Å². The van der Waals surface area contributed by atoms with Gasteiger partial charge in [-0.1, -0.05) is 0 Å². The number of nitrogens with zero attached hydrogens (tertiary/aromatic N) is 1. The van der Waals surface area contributed by atoms with Crippen molar-refractivity contribution >= 4 is 23.1 Å². The Labute approximate surface area is 126 Å². The first-order valence-corrected chi connectivity index (χ1v) is 7.30. The van der Waals surface area contributed by atoms with Gasteiger partial charge in [0.25, 0.3) is 5.56 Å². The molecule has 2 heterocycles. The van der Waals surface area contributed by atoms with E-state index < -0.39 is 11.6 Å². The zero-order valence-electron chi connectivity index (χ0n) is 11.8. The third kappa shape index (κ3) is 3.71. The number of aliphatic hydroxyl groups is 1. The van der Waals surface area contributed by atoms with Gasteiger partial charge in [-0.05, 0) is 41.4 Å². The molecule has 6 nitrogen and oxygen atoms in total. The van der Waals surface area contributed by atoms with Crippen LogP contribution in [0.4, 0.5) is 10.5 Å². The molecule has 0 saturated heterocycles. The number of carbonyl (C=O) groups excluding carboxylic acids is 1. The first kappa shape index (κ1) is 15.3. The van der Waals surface area contributed by atoms with Crippen molar-refractivity contribution in [2.24, 2.45) is 7.05 Å². The summed E-state index contributed by atoms with van der Waals surface area (Å²) in [4.78, 5) is 23.6. The highest BCUT2D eigenvalue weighted by Crippen LogP contribution is 2.21. The van der Waals surface area contributed by atoms with Crippen molar-refractivity contribution in [1.29, 1.82) is 0 Å². The Bertz CT molecular complexity index is 677. The monoisotopic (exact) mass is 307 g/mol. The van der Waals surface area contributed by atoms with Gasteiger partial charge >= 0.3 is 6.03 Å². The van der Waals surface area contributed by atoms with Crippen LogP contribution in [0.25, 0.3) is 0 Å². The van der Waals surface area contributed by atoms with Crippen LogP contribution in [0, 0.1) is 0 Å². The molecule has 3 N–H and O–H groups in total. The molecule has 0 bridgehead atoms. The van der Waals surface area contributed by atoms with E-state index in [1.807, 2.05) is 10.8 Å². The van der Waals surface area contributed by atoms with Crippen molar-refractivity contribution in [2.45, 2.75) is 12.5 Å².